The highest BCUT2D eigenvalue weighted by atomic mass is 35.5. The molecule has 162 valence electrons. The van der Waals surface area contributed by atoms with Gasteiger partial charge in [-0.05, 0) is 49.1 Å². The third kappa shape index (κ3) is 5.25. The summed E-state index contributed by atoms with van der Waals surface area (Å²) >= 11 is 5.92. The van der Waals surface area contributed by atoms with E-state index in [1.54, 1.807) is 0 Å². The van der Waals surface area contributed by atoms with Crippen LogP contribution < -0.4 is 15.0 Å². The Morgan fingerprint density at radius 2 is 1.77 bits per heavy atom. The van der Waals surface area contributed by atoms with Crippen LogP contribution in [-0.4, -0.2) is 35.6 Å². The van der Waals surface area contributed by atoms with Crippen LogP contribution in [0.15, 0.2) is 48.5 Å². The lowest BCUT2D eigenvalue weighted by atomic mass is 9.96. The summed E-state index contributed by atoms with van der Waals surface area (Å²) in [5.74, 6) is 1.44. The Kier molecular flexibility index (Phi) is 6.87. The molecule has 7 heteroatoms. The Morgan fingerprint density at radius 3 is 2.45 bits per heavy atom. The molecule has 0 atom stereocenters. The predicted molar refractivity (Wildman–Crippen MR) is 124 cm³/mol. The third-order valence-electron chi connectivity index (χ3n) is 5.51. The Bertz CT molecular complexity index is 1030. The number of aromatic nitrogens is 2. The van der Waals surface area contributed by atoms with Gasteiger partial charge in [0, 0.05) is 30.6 Å². The number of hydrogen-bond acceptors (Lipinski definition) is 5. The zero-order valence-corrected chi connectivity index (χ0v) is 18.4. The lowest BCUT2D eigenvalue weighted by Crippen LogP contribution is -2.41. The van der Waals surface area contributed by atoms with Crippen molar-refractivity contribution in [3.63, 3.8) is 0 Å². The summed E-state index contributed by atoms with van der Waals surface area (Å²) in [6.07, 6.45) is 2.45. The van der Waals surface area contributed by atoms with Crippen molar-refractivity contribution in [2.45, 2.75) is 32.7 Å². The minimum absolute atomic E-state index is 0.00280. The molecule has 1 saturated heterocycles. The topological polar surface area (TPSA) is 67.4 Å². The Balaban J connectivity index is 1.40. The van der Waals surface area contributed by atoms with Crippen LogP contribution in [0, 0.1) is 5.92 Å². The summed E-state index contributed by atoms with van der Waals surface area (Å²) in [6.45, 7) is 4.68. The molecule has 0 saturated carbocycles. The van der Waals surface area contributed by atoms with Gasteiger partial charge in [0.05, 0.1) is 17.6 Å². The number of carbonyl (C=O) groups excluding carboxylic acids is 1. The molecule has 1 fully saturated rings. The first-order valence-electron chi connectivity index (χ1n) is 10.8. The van der Waals surface area contributed by atoms with Gasteiger partial charge in [-0.25, -0.2) is 9.97 Å². The minimum Gasteiger partial charge on any atom is -0.475 e. The number of nitrogens with zero attached hydrogens (tertiary/aromatic N) is 3. The van der Waals surface area contributed by atoms with E-state index in [9.17, 15) is 4.79 Å². The van der Waals surface area contributed by atoms with E-state index in [0.717, 1.165) is 54.8 Å². The number of hydrogen-bond donors (Lipinski definition) is 1. The predicted octanol–water partition coefficient (Wildman–Crippen LogP) is 4.60. The van der Waals surface area contributed by atoms with Gasteiger partial charge in [0.2, 0.25) is 5.91 Å². The number of carbonyl (C=O) groups is 1. The van der Waals surface area contributed by atoms with Gasteiger partial charge in [-0.2, -0.15) is 0 Å². The summed E-state index contributed by atoms with van der Waals surface area (Å²) in [6, 6.07) is 15.4. The molecule has 0 aliphatic carbocycles. The molecule has 0 spiro atoms. The quantitative estimate of drug-likeness (QED) is 0.583. The molecule has 1 aliphatic heterocycles. The second-order valence-corrected chi connectivity index (χ2v) is 8.23. The maximum atomic E-state index is 12.7. The van der Waals surface area contributed by atoms with E-state index >= 15 is 0 Å². The number of ether oxygens (including phenoxy) is 1. The second-order valence-electron chi connectivity index (χ2n) is 7.80. The number of para-hydroxylation sites is 2. The molecule has 2 heterocycles. The van der Waals surface area contributed by atoms with Crippen molar-refractivity contribution >= 4 is 34.4 Å². The van der Waals surface area contributed by atoms with E-state index in [0.29, 0.717) is 24.1 Å². The van der Waals surface area contributed by atoms with E-state index in [1.807, 2.05) is 48.5 Å². The number of piperidine rings is 1. The number of rotatable bonds is 7. The first-order valence-corrected chi connectivity index (χ1v) is 11.2. The molecular formula is C24H27ClN4O2. The number of fused-ring (bicyclic) bond motifs is 1. The van der Waals surface area contributed by atoms with Gasteiger partial charge in [-0.1, -0.05) is 42.8 Å². The minimum atomic E-state index is -0.00280. The lowest BCUT2D eigenvalue weighted by Gasteiger charge is -2.32. The fourth-order valence-electron chi connectivity index (χ4n) is 3.77. The van der Waals surface area contributed by atoms with Gasteiger partial charge in [0.25, 0.3) is 5.88 Å². The van der Waals surface area contributed by atoms with Crippen LogP contribution in [0.2, 0.25) is 5.02 Å². The average Bonchev–Trinajstić information content (AvgIpc) is 2.81. The lowest BCUT2D eigenvalue weighted by molar-refractivity contribution is -0.125. The van der Waals surface area contributed by atoms with Crippen LogP contribution in [0.3, 0.4) is 0 Å². The fourth-order valence-corrected chi connectivity index (χ4v) is 3.89. The summed E-state index contributed by atoms with van der Waals surface area (Å²) in [5, 5.41) is 3.75. The largest absolute Gasteiger partial charge is 0.475 e. The van der Waals surface area contributed by atoms with Crippen molar-refractivity contribution in [2.24, 2.45) is 5.92 Å². The molecule has 1 N–H and O–H groups in total. The van der Waals surface area contributed by atoms with Gasteiger partial charge in [-0.15, -0.1) is 0 Å². The van der Waals surface area contributed by atoms with Crippen molar-refractivity contribution in [3.8, 4) is 5.88 Å². The number of benzene rings is 2. The summed E-state index contributed by atoms with van der Waals surface area (Å²) in [7, 11) is 0. The van der Waals surface area contributed by atoms with Crippen LogP contribution in [0.4, 0.5) is 5.82 Å². The molecule has 1 aromatic heterocycles. The van der Waals surface area contributed by atoms with Gasteiger partial charge >= 0.3 is 0 Å². The van der Waals surface area contributed by atoms with Crippen molar-refractivity contribution in [2.75, 3.05) is 24.6 Å². The van der Waals surface area contributed by atoms with Gasteiger partial charge in [0.1, 0.15) is 0 Å². The standard InChI is InChI=1S/C24H27ClN4O2/c1-2-15-31-24-22(27-20-5-3-4-6-21(20)28-24)29-13-11-18(12-14-29)23(30)26-16-17-7-9-19(25)10-8-17/h3-10,18H,2,11-16H2,1H3,(H,26,30). The van der Waals surface area contributed by atoms with Gasteiger partial charge < -0.3 is 15.0 Å². The van der Waals surface area contributed by atoms with E-state index in [1.165, 1.54) is 0 Å². The second kappa shape index (κ2) is 9.96. The molecule has 2 aromatic carbocycles. The fraction of sp³-hybridized carbons (Fsp3) is 0.375. The highest BCUT2D eigenvalue weighted by Crippen LogP contribution is 2.30. The van der Waals surface area contributed by atoms with Crippen molar-refractivity contribution in [1.82, 2.24) is 15.3 Å². The molecule has 0 radical (unpaired) electrons. The van der Waals surface area contributed by atoms with Crippen molar-refractivity contribution in [1.29, 1.82) is 0 Å². The van der Waals surface area contributed by atoms with Crippen LogP contribution in [-0.2, 0) is 11.3 Å². The Morgan fingerprint density at radius 1 is 1.10 bits per heavy atom. The highest BCUT2D eigenvalue weighted by Gasteiger charge is 2.27. The smallest absolute Gasteiger partial charge is 0.258 e. The maximum absolute atomic E-state index is 12.7. The molecule has 0 bridgehead atoms. The monoisotopic (exact) mass is 438 g/mol. The number of anilines is 1. The van der Waals surface area contributed by atoms with E-state index in [4.69, 9.17) is 26.3 Å². The first-order chi connectivity index (χ1) is 15.1. The van der Waals surface area contributed by atoms with Crippen LogP contribution in [0.25, 0.3) is 11.0 Å². The van der Waals surface area contributed by atoms with E-state index < -0.39 is 0 Å². The average molecular weight is 439 g/mol. The highest BCUT2D eigenvalue weighted by molar-refractivity contribution is 6.30. The molecule has 4 rings (SSSR count). The maximum Gasteiger partial charge on any atom is 0.258 e. The Labute approximate surface area is 187 Å². The summed E-state index contributed by atoms with van der Waals surface area (Å²) in [5.41, 5.74) is 2.72. The van der Waals surface area contributed by atoms with Gasteiger partial charge in [0.15, 0.2) is 5.82 Å². The van der Waals surface area contributed by atoms with E-state index in [2.05, 4.69) is 17.1 Å². The number of halogens is 1. The molecular weight excluding hydrogens is 412 g/mol. The SMILES string of the molecule is CCCOc1nc2ccccc2nc1N1CCC(C(=O)NCc2ccc(Cl)cc2)CC1. The number of amides is 1. The van der Waals surface area contributed by atoms with Crippen LogP contribution in [0.1, 0.15) is 31.7 Å². The molecule has 0 unspecified atom stereocenters. The zero-order valence-electron chi connectivity index (χ0n) is 17.7. The summed E-state index contributed by atoms with van der Waals surface area (Å²) in [4.78, 5) is 24.4. The summed E-state index contributed by atoms with van der Waals surface area (Å²) < 4.78 is 5.91. The molecule has 6 nitrogen and oxygen atoms in total. The number of nitrogens with one attached hydrogen (secondary N) is 1. The van der Waals surface area contributed by atoms with Gasteiger partial charge in [-0.3, -0.25) is 4.79 Å². The molecule has 1 aliphatic rings. The first kappa shape index (κ1) is 21.4. The normalized spacial score (nSPS) is 14.6. The van der Waals surface area contributed by atoms with E-state index in [-0.39, 0.29) is 11.8 Å². The molecule has 3 aromatic rings. The van der Waals surface area contributed by atoms with Crippen LogP contribution >= 0.6 is 11.6 Å². The van der Waals surface area contributed by atoms with Crippen molar-refractivity contribution in [3.05, 3.63) is 59.1 Å². The third-order valence-corrected chi connectivity index (χ3v) is 5.76. The zero-order chi connectivity index (χ0) is 21.6. The van der Waals surface area contributed by atoms with Crippen LogP contribution in [0.5, 0.6) is 5.88 Å². The molecule has 1 amide bonds. The molecule has 31 heavy (non-hydrogen) atoms. The van der Waals surface area contributed by atoms with Crippen molar-refractivity contribution < 1.29 is 9.53 Å². The Hall–Kier alpha value is -2.86.